The smallest absolute Gasteiger partial charge is 0.227 e. The summed E-state index contributed by atoms with van der Waals surface area (Å²) in [6.07, 6.45) is 4.29. The minimum absolute atomic E-state index is 0.00303. The summed E-state index contributed by atoms with van der Waals surface area (Å²) in [5, 5.41) is 3.89. The summed E-state index contributed by atoms with van der Waals surface area (Å²) in [5.41, 5.74) is 0.583. The van der Waals surface area contributed by atoms with Crippen molar-refractivity contribution in [3.8, 4) is 11.4 Å². The molecule has 0 aliphatic rings. The van der Waals surface area contributed by atoms with Crippen LogP contribution in [0.3, 0.4) is 0 Å². The van der Waals surface area contributed by atoms with Crippen molar-refractivity contribution in [2.75, 3.05) is 6.26 Å². The third-order valence-electron chi connectivity index (χ3n) is 3.06. The van der Waals surface area contributed by atoms with Gasteiger partial charge in [-0.25, -0.2) is 13.4 Å². The molecule has 0 saturated heterocycles. The lowest BCUT2D eigenvalue weighted by Crippen LogP contribution is -2.00. The van der Waals surface area contributed by atoms with Crippen molar-refractivity contribution in [1.82, 2.24) is 15.1 Å². The molecule has 0 bridgehead atoms. The van der Waals surface area contributed by atoms with E-state index in [9.17, 15) is 8.42 Å². The highest BCUT2D eigenvalue weighted by Crippen LogP contribution is 2.19. The predicted octanol–water partition coefficient (Wildman–Crippen LogP) is 2.12. The van der Waals surface area contributed by atoms with Gasteiger partial charge in [0.1, 0.15) is 0 Å². The van der Waals surface area contributed by atoms with Crippen LogP contribution in [0.1, 0.15) is 26.2 Å². The van der Waals surface area contributed by atoms with Gasteiger partial charge < -0.3 is 4.52 Å². The third-order valence-corrected chi connectivity index (χ3v) is 4.04. The van der Waals surface area contributed by atoms with Gasteiger partial charge in [0.15, 0.2) is 14.9 Å². The van der Waals surface area contributed by atoms with Crippen molar-refractivity contribution in [2.45, 2.75) is 31.7 Å². The molecule has 0 fully saturated rings. The van der Waals surface area contributed by atoms with Crippen LogP contribution in [0.25, 0.3) is 11.4 Å². The average Bonchev–Trinajstić information content (AvgIpc) is 2.86. The molecule has 0 spiro atoms. The maximum atomic E-state index is 11.5. The topological polar surface area (TPSA) is 86.0 Å². The number of hydrogen-bond donors (Lipinski definition) is 0. The SMILES string of the molecule is CCC(C)Cc1nc(-c2ccnc(S(C)(=O)=O)c2)no1. The monoisotopic (exact) mass is 295 g/mol. The second-order valence-corrected chi connectivity index (χ2v) is 6.85. The molecule has 2 rings (SSSR count). The first-order valence-electron chi connectivity index (χ1n) is 6.39. The van der Waals surface area contributed by atoms with Crippen molar-refractivity contribution in [3.05, 3.63) is 24.2 Å². The first-order chi connectivity index (χ1) is 9.40. The van der Waals surface area contributed by atoms with Crippen molar-refractivity contribution < 1.29 is 12.9 Å². The van der Waals surface area contributed by atoms with E-state index in [4.69, 9.17) is 4.52 Å². The molecule has 1 atom stereocenters. The van der Waals surface area contributed by atoms with Gasteiger partial charge in [-0.2, -0.15) is 4.98 Å². The minimum Gasteiger partial charge on any atom is -0.339 e. The van der Waals surface area contributed by atoms with E-state index in [1.54, 1.807) is 6.07 Å². The van der Waals surface area contributed by atoms with E-state index in [1.165, 1.54) is 12.3 Å². The van der Waals surface area contributed by atoms with Crippen LogP contribution in [0.15, 0.2) is 27.9 Å². The second kappa shape index (κ2) is 5.70. The van der Waals surface area contributed by atoms with E-state index in [1.807, 2.05) is 0 Å². The highest BCUT2D eigenvalue weighted by atomic mass is 32.2. The number of pyridine rings is 1. The molecular formula is C13H17N3O3S. The maximum absolute atomic E-state index is 11.5. The Morgan fingerprint density at radius 1 is 1.40 bits per heavy atom. The molecule has 20 heavy (non-hydrogen) atoms. The number of nitrogens with zero attached hydrogens (tertiary/aromatic N) is 3. The minimum atomic E-state index is -3.35. The fraction of sp³-hybridized carbons (Fsp3) is 0.462. The molecule has 108 valence electrons. The molecule has 0 saturated carbocycles. The Morgan fingerprint density at radius 2 is 2.15 bits per heavy atom. The Bertz CT molecular complexity index is 694. The van der Waals surface area contributed by atoms with E-state index < -0.39 is 9.84 Å². The van der Waals surface area contributed by atoms with E-state index in [0.717, 1.165) is 12.7 Å². The third kappa shape index (κ3) is 3.41. The fourth-order valence-corrected chi connectivity index (χ4v) is 2.24. The van der Waals surface area contributed by atoms with Gasteiger partial charge in [-0.1, -0.05) is 25.4 Å². The lowest BCUT2D eigenvalue weighted by molar-refractivity contribution is 0.356. The zero-order chi connectivity index (χ0) is 14.8. The molecule has 0 radical (unpaired) electrons. The average molecular weight is 295 g/mol. The summed E-state index contributed by atoms with van der Waals surface area (Å²) < 4.78 is 28.1. The quantitative estimate of drug-likeness (QED) is 0.840. The van der Waals surface area contributed by atoms with Crippen LogP contribution in [-0.2, 0) is 16.3 Å². The Labute approximate surface area is 118 Å². The molecule has 0 amide bonds. The van der Waals surface area contributed by atoms with Gasteiger partial charge in [-0.3, -0.25) is 0 Å². The zero-order valence-electron chi connectivity index (χ0n) is 11.7. The Kier molecular flexibility index (Phi) is 4.17. The van der Waals surface area contributed by atoms with Gasteiger partial charge in [0.2, 0.25) is 11.7 Å². The van der Waals surface area contributed by atoms with Gasteiger partial charge in [0.25, 0.3) is 0 Å². The van der Waals surface area contributed by atoms with Gasteiger partial charge in [0.05, 0.1) is 0 Å². The Hall–Kier alpha value is -1.76. The zero-order valence-corrected chi connectivity index (χ0v) is 12.5. The lowest BCUT2D eigenvalue weighted by Gasteiger charge is -2.02. The van der Waals surface area contributed by atoms with Crippen LogP contribution in [0.2, 0.25) is 0 Å². The second-order valence-electron chi connectivity index (χ2n) is 4.88. The molecule has 0 aliphatic carbocycles. The largest absolute Gasteiger partial charge is 0.339 e. The predicted molar refractivity (Wildman–Crippen MR) is 73.8 cm³/mol. The summed E-state index contributed by atoms with van der Waals surface area (Å²) >= 11 is 0. The van der Waals surface area contributed by atoms with Crippen LogP contribution in [-0.4, -0.2) is 29.8 Å². The number of aromatic nitrogens is 3. The number of sulfone groups is 1. The highest BCUT2D eigenvalue weighted by Gasteiger charge is 2.14. The lowest BCUT2D eigenvalue weighted by atomic mass is 10.1. The molecule has 0 aromatic carbocycles. The maximum Gasteiger partial charge on any atom is 0.227 e. The van der Waals surface area contributed by atoms with E-state index in [2.05, 4.69) is 29.0 Å². The van der Waals surface area contributed by atoms with Crippen molar-refractivity contribution in [3.63, 3.8) is 0 Å². The van der Waals surface area contributed by atoms with Gasteiger partial charge in [0, 0.05) is 24.4 Å². The molecule has 6 nitrogen and oxygen atoms in total. The van der Waals surface area contributed by atoms with Crippen LogP contribution in [0.4, 0.5) is 0 Å². The molecule has 1 unspecified atom stereocenters. The Balaban J connectivity index is 2.29. The molecule has 0 aliphatic heterocycles. The Morgan fingerprint density at radius 3 is 2.80 bits per heavy atom. The molecular weight excluding hydrogens is 278 g/mol. The van der Waals surface area contributed by atoms with Crippen LogP contribution >= 0.6 is 0 Å². The van der Waals surface area contributed by atoms with Gasteiger partial charge in [-0.15, -0.1) is 0 Å². The molecule has 7 heteroatoms. The summed E-state index contributed by atoms with van der Waals surface area (Å²) in [5.74, 6) is 1.41. The summed E-state index contributed by atoms with van der Waals surface area (Å²) in [6, 6.07) is 3.11. The number of hydrogen-bond acceptors (Lipinski definition) is 6. The van der Waals surface area contributed by atoms with Crippen molar-refractivity contribution >= 4 is 9.84 Å². The standard InChI is InChI=1S/C13H17N3O3S/c1-4-9(2)7-11-15-13(16-19-11)10-5-6-14-12(8-10)20(3,17)18/h5-6,8-9H,4,7H2,1-3H3. The van der Waals surface area contributed by atoms with Crippen molar-refractivity contribution in [1.29, 1.82) is 0 Å². The normalized spacial score (nSPS) is 13.3. The molecule has 2 aromatic heterocycles. The van der Waals surface area contributed by atoms with Crippen LogP contribution in [0, 0.1) is 5.92 Å². The molecule has 2 heterocycles. The van der Waals surface area contributed by atoms with E-state index in [-0.39, 0.29) is 5.03 Å². The summed E-state index contributed by atoms with van der Waals surface area (Å²) in [4.78, 5) is 8.12. The van der Waals surface area contributed by atoms with E-state index >= 15 is 0 Å². The summed E-state index contributed by atoms with van der Waals surface area (Å²) in [7, 11) is -3.35. The van der Waals surface area contributed by atoms with Gasteiger partial charge in [-0.05, 0) is 18.1 Å². The molecule has 0 N–H and O–H groups in total. The van der Waals surface area contributed by atoms with Gasteiger partial charge >= 0.3 is 0 Å². The summed E-state index contributed by atoms with van der Waals surface area (Å²) in [6.45, 7) is 4.21. The van der Waals surface area contributed by atoms with Crippen LogP contribution < -0.4 is 0 Å². The van der Waals surface area contributed by atoms with E-state index in [0.29, 0.717) is 29.6 Å². The highest BCUT2D eigenvalue weighted by molar-refractivity contribution is 7.90. The molecule has 2 aromatic rings. The van der Waals surface area contributed by atoms with Crippen molar-refractivity contribution in [2.24, 2.45) is 5.92 Å². The van der Waals surface area contributed by atoms with Crippen LogP contribution in [0.5, 0.6) is 0 Å². The fourth-order valence-electron chi connectivity index (χ4n) is 1.65. The first-order valence-corrected chi connectivity index (χ1v) is 8.28. The number of rotatable bonds is 5. The first kappa shape index (κ1) is 14.6.